The summed E-state index contributed by atoms with van der Waals surface area (Å²) >= 11 is 0. The Bertz CT molecular complexity index is 792. The molecule has 0 N–H and O–H groups in total. The topological polar surface area (TPSA) is 45.6 Å². The zero-order valence-corrected chi connectivity index (χ0v) is 16.5. The molecule has 2 heterocycles. The van der Waals surface area contributed by atoms with E-state index < -0.39 is 0 Å². The van der Waals surface area contributed by atoms with Crippen molar-refractivity contribution < 1.29 is 9.59 Å². The van der Waals surface area contributed by atoms with Crippen LogP contribution in [0.1, 0.15) is 47.7 Å². The smallest absolute Gasteiger partial charge is 0.255 e. The van der Waals surface area contributed by atoms with Crippen LogP contribution in [0.2, 0.25) is 0 Å². The summed E-state index contributed by atoms with van der Waals surface area (Å²) in [4.78, 5) is 29.1. The lowest BCUT2D eigenvalue weighted by Gasteiger charge is -2.22. The van der Waals surface area contributed by atoms with Crippen LogP contribution in [0.3, 0.4) is 0 Å². The summed E-state index contributed by atoms with van der Waals surface area (Å²) in [5.41, 5.74) is 3.05. The van der Waals surface area contributed by atoms with Gasteiger partial charge in [-0.2, -0.15) is 0 Å². The number of carbonyl (C=O) groups is 2. The molecular weight excluding hydrogens is 338 g/mol. The van der Waals surface area contributed by atoms with Crippen LogP contribution in [0.25, 0.3) is 0 Å². The summed E-state index contributed by atoms with van der Waals surface area (Å²) in [6.07, 6.45) is 4.96. The molecule has 2 amide bonds. The van der Waals surface area contributed by atoms with Crippen molar-refractivity contribution in [1.82, 2.24) is 14.4 Å². The molecule has 144 valence electrons. The van der Waals surface area contributed by atoms with E-state index in [-0.39, 0.29) is 11.8 Å². The summed E-state index contributed by atoms with van der Waals surface area (Å²) in [5.74, 6) is 0.684. The van der Waals surface area contributed by atoms with Crippen LogP contribution in [0.5, 0.6) is 0 Å². The van der Waals surface area contributed by atoms with Gasteiger partial charge in [-0.25, -0.2) is 0 Å². The van der Waals surface area contributed by atoms with E-state index in [1.165, 1.54) is 5.56 Å². The van der Waals surface area contributed by atoms with E-state index in [1.807, 2.05) is 39.9 Å². The number of carbonyl (C=O) groups excluding carboxylic acids is 2. The first kappa shape index (κ1) is 19.2. The molecule has 0 atom stereocenters. The van der Waals surface area contributed by atoms with Crippen LogP contribution in [0, 0.1) is 0 Å². The minimum atomic E-state index is 0.0502. The number of aryl methyl sites for hydroxylation is 1. The van der Waals surface area contributed by atoms with E-state index in [4.69, 9.17) is 0 Å². The van der Waals surface area contributed by atoms with Gasteiger partial charge < -0.3 is 14.4 Å². The highest BCUT2D eigenvalue weighted by atomic mass is 16.2. The predicted molar refractivity (Wildman–Crippen MR) is 107 cm³/mol. The van der Waals surface area contributed by atoms with Gasteiger partial charge >= 0.3 is 0 Å². The molecule has 1 aromatic carbocycles. The Morgan fingerprint density at radius 3 is 2.26 bits per heavy atom. The summed E-state index contributed by atoms with van der Waals surface area (Å²) < 4.78 is 1.88. The molecule has 1 saturated heterocycles. The quantitative estimate of drug-likeness (QED) is 0.834. The first-order valence-electron chi connectivity index (χ1n) is 9.72. The highest BCUT2D eigenvalue weighted by Crippen LogP contribution is 2.16. The summed E-state index contributed by atoms with van der Waals surface area (Å²) in [5, 5.41) is 0. The molecule has 5 heteroatoms. The zero-order valence-electron chi connectivity index (χ0n) is 16.5. The number of rotatable bonds is 4. The highest BCUT2D eigenvalue weighted by Gasteiger charge is 2.23. The number of hydrogen-bond acceptors (Lipinski definition) is 2. The Morgan fingerprint density at radius 2 is 1.63 bits per heavy atom. The standard InChI is InChI=1S/C22H29N3O2/c1-17(2)19-7-5-18(6-8-19)15-21(26)24-10-4-11-25(14-13-24)22(27)20-9-12-23(3)16-20/h5-9,12,16-17H,4,10-11,13-15H2,1-3H3. The fourth-order valence-corrected chi connectivity index (χ4v) is 3.49. The fraction of sp³-hybridized carbons (Fsp3) is 0.455. The van der Waals surface area contributed by atoms with Crippen LogP contribution in [-0.2, 0) is 18.3 Å². The maximum atomic E-state index is 12.7. The van der Waals surface area contributed by atoms with Crippen molar-refractivity contribution in [3.8, 4) is 0 Å². The molecule has 0 bridgehead atoms. The first-order valence-corrected chi connectivity index (χ1v) is 9.72. The molecule has 5 nitrogen and oxygen atoms in total. The molecule has 1 aromatic heterocycles. The Hall–Kier alpha value is -2.56. The van der Waals surface area contributed by atoms with Crippen molar-refractivity contribution in [1.29, 1.82) is 0 Å². The van der Waals surface area contributed by atoms with Gasteiger partial charge in [0, 0.05) is 45.6 Å². The second-order valence-electron chi connectivity index (χ2n) is 7.67. The lowest BCUT2D eigenvalue weighted by Crippen LogP contribution is -2.37. The monoisotopic (exact) mass is 367 g/mol. The number of aromatic nitrogens is 1. The first-order chi connectivity index (χ1) is 12.9. The van der Waals surface area contributed by atoms with E-state index in [0.717, 1.165) is 12.0 Å². The van der Waals surface area contributed by atoms with Crippen LogP contribution in [0.4, 0.5) is 0 Å². The minimum Gasteiger partial charge on any atom is -0.356 e. The van der Waals surface area contributed by atoms with E-state index in [1.54, 1.807) is 0 Å². The number of nitrogens with zero attached hydrogens (tertiary/aromatic N) is 3. The third-order valence-electron chi connectivity index (χ3n) is 5.22. The van der Waals surface area contributed by atoms with Gasteiger partial charge in [0.25, 0.3) is 5.91 Å². The van der Waals surface area contributed by atoms with Crippen LogP contribution < -0.4 is 0 Å². The molecule has 1 aliphatic heterocycles. The molecule has 1 aliphatic rings. The van der Waals surface area contributed by atoms with Gasteiger partial charge in [0.05, 0.1) is 12.0 Å². The van der Waals surface area contributed by atoms with Crippen molar-refractivity contribution in [3.05, 3.63) is 59.4 Å². The number of amides is 2. The van der Waals surface area contributed by atoms with Crippen molar-refractivity contribution in [2.24, 2.45) is 7.05 Å². The lowest BCUT2D eigenvalue weighted by atomic mass is 10.0. The molecule has 0 spiro atoms. The lowest BCUT2D eigenvalue weighted by molar-refractivity contribution is -0.130. The summed E-state index contributed by atoms with van der Waals surface area (Å²) in [6, 6.07) is 10.2. The average Bonchev–Trinajstić information content (AvgIpc) is 2.93. The predicted octanol–water partition coefficient (Wildman–Crippen LogP) is 3.07. The van der Waals surface area contributed by atoms with Crippen LogP contribution in [-0.4, -0.2) is 52.4 Å². The fourth-order valence-electron chi connectivity index (χ4n) is 3.49. The molecule has 0 saturated carbocycles. The highest BCUT2D eigenvalue weighted by molar-refractivity contribution is 5.94. The van der Waals surface area contributed by atoms with Crippen LogP contribution in [0.15, 0.2) is 42.7 Å². The Balaban J connectivity index is 1.57. The number of benzene rings is 1. The van der Waals surface area contributed by atoms with E-state index in [9.17, 15) is 9.59 Å². The van der Waals surface area contributed by atoms with Crippen LogP contribution >= 0.6 is 0 Å². The Morgan fingerprint density at radius 1 is 0.963 bits per heavy atom. The molecular formula is C22H29N3O2. The Labute approximate surface area is 161 Å². The summed E-state index contributed by atoms with van der Waals surface area (Å²) in [6.45, 7) is 6.93. The average molecular weight is 367 g/mol. The van der Waals surface area contributed by atoms with Crippen molar-refractivity contribution in [2.45, 2.75) is 32.6 Å². The number of hydrogen-bond donors (Lipinski definition) is 0. The van der Waals surface area contributed by atoms with Gasteiger partial charge in [0.15, 0.2) is 0 Å². The van der Waals surface area contributed by atoms with Gasteiger partial charge in [-0.1, -0.05) is 38.1 Å². The van der Waals surface area contributed by atoms with Crippen molar-refractivity contribution >= 4 is 11.8 Å². The van der Waals surface area contributed by atoms with Crippen molar-refractivity contribution in [2.75, 3.05) is 26.2 Å². The second kappa shape index (κ2) is 8.42. The Kier molecular flexibility index (Phi) is 5.99. The molecule has 0 aliphatic carbocycles. The maximum absolute atomic E-state index is 12.7. The largest absolute Gasteiger partial charge is 0.356 e. The van der Waals surface area contributed by atoms with Gasteiger partial charge in [-0.15, -0.1) is 0 Å². The summed E-state index contributed by atoms with van der Waals surface area (Å²) in [7, 11) is 1.91. The van der Waals surface area contributed by atoms with E-state index in [2.05, 4.69) is 38.1 Å². The van der Waals surface area contributed by atoms with Gasteiger partial charge in [-0.05, 0) is 29.5 Å². The van der Waals surface area contributed by atoms with Gasteiger partial charge in [0.2, 0.25) is 5.91 Å². The maximum Gasteiger partial charge on any atom is 0.255 e. The molecule has 1 fully saturated rings. The molecule has 2 aromatic rings. The SMILES string of the molecule is CC(C)c1ccc(CC(=O)N2CCCN(C(=O)c3ccn(C)c3)CC2)cc1. The van der Waals surface area contributed by atoms with E-state index in [0.29, 0.717) is 44.1 Å². The second-order valence-corrected chi connectivity index (χ2v) is 7.67. The van der Waals surface area contributed by atoms with Gasteiger partial charge in [-0.3, -0.25) is 9.59 Å². The molecule has 0 unspecified atom stereocenters. The zero-order chi connectivity index (χ0) is 19.4. The molecule has 3 rings (SSSR count). The third kappa shape index (κ3) is 4.79. The normalized spacial score (nSPS) is 15.1. The third-order valence-corrected chi connectivity index (χ3v) is 5.22. The molecule has 0 radical (unpaired) electrons. The molecule has 27 heavy (non-hydrogen) atoms. The van der Waals surface area contributed by atoms with E-state index >= 15 is 0 Å². The van der Waals surface area contributed by atoms with Crippen molar-refractivity contribution in [3.63, 3.8) is 0 Å². The van der Waals surface area contributed by atoms with Gasteiger partial charge in [0.1, 0.15) is 0 Å². The minimum absolute atomic E-state index is 0.0502.